The molecule has 0 aliphatic heterocycles. The Morgan fingerprint density at radius 2 is 2.13 bits per heavy atom. The van der Waals surface area contributed by atoms with Gasteiger partial charge in [0.2, 0.25) is 0 Å². The molecule has 0 bridgehead atoms. The number of aliphatic hydroxyl groups is 1. The van der Waals surface area contributed by atoms with Crippen molar-refractivity contribution in [2.24, 2.45) is 0 Å². The summed E-state index contributed by atoms with van der Waals surface area (Å²) < 4.78 is 13.0. The second-order valence-electron chi connectivity index (χ2n) is 3.16. The van der Waals surface area contributed by atoms with Gasteiger partial charge in [0.1, 0.15) is 12.1 Å². The number of unbranched alkanes of at least 4 members (excludes halogenated alkanes) is 1. The summed E-state index contributed by atoms with van der Waals surface area (Å²) in [5.74, 6) is -0.400. The van der Waals surface area contributed by atoms with Crippen molar-refractivity contribution in [2.45, 2.75) is 19.4 Å². The van der Waals surface area contributed by atoms with Crippen LogP contribution in [0.3, 0.4) is 0 Å². The minimum Gasteiger partial charge on any atom is -0.392 e. The molecule has 0 aliphatic rings. The van der Waals surface area contributed by atoms with Gasteiger partial charge in [0.15, 0.2) is 0 Å². The molecule has 0 spiro atoms. The third-order valence-corrected chi connectivity index (χ3v) is 2.00. The molecule has 0 heterocycles. The molecule has 0 aliphatic carbocycles. The van der Waals surface area contributed by atoms with Gasteiger partial charge in [-0.1, -0.05) is 18.2 Å². The highest BCUT2D eigenvalue weighted by Gasteiger charge is 1.99. The first-order chi connectivity index (χ1) is 7.27. The van der Waals surface area contributed by atoms with Gasteiger partial charge >= 0.3 is 0 Å². The van der Waals surface area contributed by atoms with E-state index in [1.165, 1.54) is 6.07 Å². The smallest absolute Gasteiger partial charge is 0.128 e. The third-order valence-electron chi connectivity index (χ3n) is 2.00. The van der Waals surface area contributed by atoms with Crippen LogP contribution in [-0.4, -0.2) is 11.4 Å². The Labute approximate surface area is 88.1 Å². The Bertz CT molecular complexity index is 359. The van der Waals surface area contributed by atoms with E-state index in [2.05, 4.69) is 0 Å². The van der Waals surface area contributed by atoms with Crippen LogP contribution in [0.5, 0.6) is 0 Å². The van der Waals surface area contributed by atoms with Crippen LogP contribution in [0.4, 0.5) is 4.39 Å². The minimum atomic E-state index is -0.400. The predicted octanol–water partition coefficient (Wildman–Crippen LogP) is 2.31. The molecule has 0 amide bonds. The average Bonchev–Trinajstić information content (AvgIpc) is 2.26. The van der Waals surface area contributed by atoms with E-state index in [4.69, 9.17) is 5.11 Å². The SMILES string of the molecule is O=CCC/C=C/c1ccc(F)c(CO)c1. The number of hydrogen-bond acceptors (Lipinski definition) is 2. The normalized spacial score (nSPS) is 10.8. The molecular weight excluding hydrogens is 195 g/mol. The van der Waals surface area contributed by atoms with Crippen LogP contribution in [0.15, 0.2) is 24.3 Å². The quantitative estimate of drug-likeness (QED) is 0.595. The van der Waals surface area contributed by atoms with Crippen molar-refractivity contribution in [3.05, 3.63) is 41.2 Å². The lowest BCUT2D eigenvalue weighted by Gasteiger charge is -2.00. The number of benzene rings is 1. The fraction of sp³-hybridized carbons (Fsp3) is 0.250. The zero-order valence-electron chi connectivity index (χ0n) is 8.32. The second-order valence-corrected chi connectivity index (χ2v) is 3.16. The molecule has 1 aromatic carbocycles. The summed E-state index contributed by atoms with van der Waals surface area (Å²) in [5, 5.41) is 8.84. The largest absolute Gasteiger partial charge is 0.392 e. The summed E-state index contributed by atoms with van der Waals surface area (Å²) in [6.45, 7) is -0.304. The van der Waals surface area contributed by atoms with Crippen molar-refractivity contribution in [3.63, 3.8) is 0 Å². The van der Waals surface area contributed by atoms with Gasteiger partial charge in [-0.3, -0.25) is 0 Å². The van der Waals surface area contributed by atoms with Crippen molar-refractivity contribution in [1.29, 1.82) is 0 Å². The number of hydrogen-bond donors (Lipinski definition) is 1. The average molecular weight is 208 g/mol. The monoisotopic (exact) mass is 208 g/mol. The van der Waals surface area contributed by atoms with Gasteiger partial charge in [-0.25, -0.2) is 4.39 Å². The predicted molar refractivity (Wildman–Crippen MR) is 56.7 cm³/mol. The minimum absolute atomic E-state index is 0.285. The van der Waals surface area contributed by atoms with E-state index in [0.29, 0.717) is 12.8 Å². The van der Waals surface area contributed by atoms with Gasteiger partial charge in [0.25, 0.3) is 0 Å². The second kappa shape index (κ2) is 6.09. The molecular formula is C12H13FO2. The van der Waals surface area contributed by atoms with Crippen LogP contribution in [0, 0.1) is 5.82 Å². The molecule has 0 aromatic heterocycles. The van der Waals surface area contributed by atoms with Crippen LogP contribution in [-0.2, 0) is 11.4 Å². The Morgan fingerprint density at radius 1 is 1.33 bits per heavy atom. The van der Waals surface area contributed by atoms with Crippen LogP contribution in [0.25, 0.3) is 6.08 Å². The fourth-order valence-electron chi connectivity index (χ4n) is 1.20. The molecule has 1 aromatic rings. The molecule has 15 heavy (non-hydrogen) atoms. The van der Waals surface area contributed by atoms with Gasteiger partial charge in [0.05, 0.1) is 6.61 Å². The van der Waals surface area contributed by atoms with E-state index >= 15 is 0 Å². The molecule has 0 radical (unpaired) electrons. The zero-order chi connectivity index (χ0) is 11.1. The first-order valence-electron chi connectivity index (χ1n) is 4.77. The molecule has 0 unspecified atom stereocenters. The van der Waals surface area contributed by atoms with Gasteiger partial charge in [0, 0.05) is 12.0 Å². The topological polar surface area (TPSA) is 37.3 Å². The fourth-order valence-corrected chi connectivity index (χ4v) is 1.20. The highest BCUT2D eigenvalue weighted by atomic mass is 19.1. The number of carbonyl (C=O) groups is 1. The molecule has 0 saturated carbocycles. The first-order valence-corrected chi connectivity index (χ1v) is 4.77. The van der Waals surface area contributed by atoms with E-state index in [1.807, 2.05) is 12.2 Å². The van der Waals surface area contributed by atoms with Gasteiger partial charge in [-0.15, -0.1) is 0 Å². The standard InChI is InChI=1S/C12H13FO2/c13-12-6-5-10(8-11(12)9-15)4-2-1-3-7-14/h2,4-8,15H,1,3,9H2/b4-2+. The van der Waals surface area contributed by atoms with Crippen molar-refractivity contribution in [1.82, 2.24) is 0 Å². The maximum atomic E-state index is 13.0. The molecule has 1 N–H and O–H groups in total. The third kappa shape index (κ3) is 3.64. The van der Waals surface area contributed by atoms with E-state index in [1.54, 1.807) is 12.1 Å². The number of aldehydes is 1. The van der Waals surface area contributed by atoms with Crippen LogP contribution >= 0.6 is 0 Å². The lowest BCUT2D eigenvalue weighted by atomic mass is 10.1. The van der Waals surface area contributed by atoms with Crippen molar-refractivity contribution in [2.75, 3.05) is 0 Å². The Morgan fingerprint density at radius 3 is 2.80 bits per heavy atom. The van der Waals surface area contributed by atoms with E-state index < -0.39 is 5.82 Å². The Kier molecular flexibility index (Phi) is 4.71. The number of aliphatic hydroxyl groups excluding tert-OH is 1. The molecule has 2 nitrogen and oxygen atoms in total. The highest BCUT2D eigenvalue weighted by molar-refractivity contribution is 5.53. The molecule has 0 fully saturated rings. The number of carbonyl (C=O) groups excluding carboxylic acids is 1. The number of halogens is 1. The van der Waals surface area contributed by atoms with Gasteiger partial charge in [-0.2, -0.15) is 0 Å². The van der Waals surface area contributed by atoms with Crippen molar-refractivity contribution in [3.8, 4) is 0 Å². The molecule has 0 saturated heterocycles. The molecule has 0 atom stereocenters. The van der Waals surface area contributed by atoms with E-state index in [0.717, 1.165) is 11.8 Å². The molecule has 1 rings (SSSR count). The van der Waals surface area contributed by atoms with Crippen LogP contribution in [0.2, 0.25) is 0 Å². The van der Waals surface area contributed by atoms with E-state index in [-0.39, 0.29) is 12.2 Å². The Hall–Kier alpha value is -1.48. The van der Waals surface area contributed by atoms with Gasteiger partial charge in [-0.05, 0) is 24.1 Å². The maximum Gasteiger partial charge on any atom is 0.128 e. The summed E-state index contributed by atoms with van der Waals surface area (Å²) in [4.78, 5) is 10.0. The first kappa shape index (κ1) is 11.6. The van der Waals surface area contributed by atoms with Crippen molar-refractivity contribution >= 4 is 12.4 Å². The summed E-state index contributed by atoms with van der Waals surface area (Å²) >= 11 is 0. The van der Waals surface area contributed by atoms with Gasteiger partial charge < -0.3 is 9.90 Å². The highest BCUT2D eigenvalue weighted by Crippen LogP contribution is 2.12. The summed E-state index contributed by atoms with van der Waals surface area (Å²) in [6.07, 6.45) is 5.68. The zero-order valence-corrected chi connectivity index (χ0v) is 8.32. The number of allylic oxidation sites excluding steroid dienone is 1. The van der Waals surface area contributed by atoms with Crippen LogP contribution < -0.4 is 0 Å². The maximum absolute atomic E-state index is 13.0. The lowest BCUT2D eigenvalue weighted by molar-refractivity contribution is -0.107. The van der Waals surface area contributed by atoms with Crippen LogP contribution in [0.1, 0.15) is 24.0 Å². The summed E-state index contributed by atoms with van der Waals surface area (Å²) in [5.41, 5.74) is 1.11. The number of rotatable bonds is 5. The molecule has 80 valence electrons. The summed E-state index contributed by atoms with van der Waals surface area (Å²) in [7, 11) is 0. The summed E-state index contributed by atoms with van der Waals surface area (Å²) in [6, 6.07) is 4.55. The molecule has 3 heteroatoms. The van der Waals surface area contributed by atoms with E-state index in [9.17, 15) is 9.18 Å². The Balaban J connectivity index is 2.69. The lowest BCUT2D eigenvalue weighted by Crippen LogP contribution is -1.89. The van der Waals surface area contributed by atoms with Crippen molar-refractivity contribution < 1.29 is 14.3 Å².